The lowest BCUT2D eigenvalue weighted by Gasteiger charge is -2.35. The minimum absolute atomic E-state index is 0.121. The summed E-state index contributed by atoms with van der Waals surface area (Å²) in [7, 11) is -3.91. The van der Waals surface area contributed by atoms with Crippen LogP contribution in [-0.4, -0.2) is 49.5 Å². The Hall–Kier alpha value is -2.78. The fraction of sp³-hybridized carbons (Fsp3) is 0.333. The van der Waals surface area contributed by atoms with E-state index in [4.69, 9.17) is 34.8 Å². The van der Waals surface area contributed by atoms with Crippen molar-refractivity contribution in [1.82, 2.24) is 10.2 Å². The van der Waals surface area contributed by atoms with Crippen molar-refractivity contribution in [2.24, 2.45) is 0 Å². The quantitative estimate of drug-likeness (QED) is 0.283. The number of amides is 2. The predicted octanol–water partition coefficient (Wildman–Crippen LogP) is 6.28. The molecule has 2 amide bonds. The summed E-state index contributed by atoms with van der Waals surface area (Å²) < 4.78 is 27.0. The van der Waals surface area contributed by atoms with E-state index in [9.17, 15) is 18.0 Å². The fourth-order valence-corrected chi connectivity index (χ4v) is 6.00. The Kier molecular flexibility index (Phi) is 10.7. The third kappa shape index (κ3) is 9.10. The molecule has 11 heteroatoms. The largest absolute Gasteiger partial charge is 0.350 e. The maximum Gasteiger partial charge on any atom is 0.244 e. The summed E-state index contributed by atoms with van der Waals surface area (Å²) in [5.74, 6) is -1.00. The lowest BCUT2D eigenvalue weighted by atomic mass is 10.0. The molecule has 3 aromatic rings. The van der Waals surface area contributed by atoms with Crippen LogP contribution >= 0.6 is 34.8 Å². The lowest BCUT2D eigenvalue weighted by Crippen LogP contribution is -2.56. The molecule has 1 N–H and O–H groups in total. The second-order valence-electron chi connectivity index (χ2n) is 10.9. The topological polar surface area (TPSA) is 86.8 Å². The zero-order valence-electron chi connectivity index (χ0n) is 23.6. The Labute approximate surface area is 257 Å². The highest BCUT2D eigenvalue weighted by Crippen LogP contribution is 2.29. The van der Waals surface area contributed by atoms with E-state index in [-0.39, 0.29) is 13.0 Å². The van der Waals surface area contributed by atoms with Gasteiger partial charge in [-0.15, -0.1) is 0 Å². The molecule has 0 aliphatic rings. The van der Waals surface area contributed by atoms with Gasteiger partial charge in [0.1, 0.15) is 12.6 Å². The number of benzene rings is 3. The van der Waals surface area contributed by atoms with E-state index in [1.54, 1.807) is 43.3 Å². The first-order valence-corrected chi connectivity index (χ1v) is 15.9. The second kappa shape index (κ2) is 13.5. The number of nitrogens with zero attached hydrogens (tertiary/aromatic N) is 2. The highest BCUT2D eigenvalue weighted by atomic mass is 35.5. The van der Waals surface area contributed by atoms with Gasteiger partial charge in [-0.25, -0.2) is 8.42 Å². The molecule has 41 heavy (non-hydrogen) atoms. The van der Waals surface area contributed by atoms with Crippen LogP contribution in [0.3, 0.4) is 0 Å². The number of rotatable bonds is 10. The van der Waals surface area contributed by atoms with Crippen molar-refractivity contribution in [1.29, 1.82) is 0 Å². The van der Waals surface area contributed by atoms with E-state index in [1.807, 2.05) is 51.1 Å². The normalized spacial score (nSPS) is 12.5. The minimum atomic E-state index is -3.91. The van der Waals surface area contributed by atoms with Gasteiger partial charge in [0.25, 0.3) is 0 Å². The van der Waals surface area contributed by atoms with Gasteiger partial charge in [0.2, 0.25) is 21.8 Å². The monoisotopic (exact) mass is 637 g/mol. The van der Waals surface area contributed by atoms with E-state index < -0.39 is 40.0 Å². The number of sulfonamides is 1. The van der Waals surface area contributed by atoms with Crippen LogP contribution in [0.5, 0.6) is 0 Å². The molecule has 0 bridgehead atoms. The van der Waals surface area contributed by atoms with Crippen LogP contribution in [0.4, 0.5) is 5.69 Å². The summed E-state index contributed by atoms with van der Waals surface area (Å²) in [4.78, 5) is 29.4. The number of carbonyl (C=O) groups is 2. The third-order valence-corrected chi connectivity index (χ3v) is 8.34. The van der Waals surface area contributed by atoms with Crippen molar-refractivity contribution < 1.29 is 18.0 Å². The van der Waals surface area contributed by atoms with Gasteiger partial charge in [0.15, 0.2) is 0 Å². The molecule has 0 radical (unpaired) electrons. The average molecular weight is 639 g/mol. The zero-order valence-corrected chi connectivity index (χ0v) is 26.7. The van der Waals surface area contributed by atoms with E-state index >= 15 is 0 Å². The molecule has 3 rings (SSSR count). The number of carbonyl (C=O) groups excluding carboxylic acids is 2. The SMILES string of the molecule is Cc1cc(Cl)ccc1N(CC(=O)N(Cc1c(Cl)cccc1Cl)C(Cc1ccccc1)C(=O)NC(C)(C)C)S(C)(=O)=O. The number of aryl methyl sites for hydroxylation is 1. The summed E-state index contributed by atoms with van der Waals surface area (Å²) >= 11 is 19.1. The van der Waals surface area contributed by atoms with Gasteiger partial charge in [-0.2, -0.15) is 0 Å². The van der Waals surface area contributed by atoms with Gasteiger partial charge < -0.3 is 10.2 Å². The maximum atomic E-state index is 14.2. The van der Waals surface area contributed by atoms with Gasteiger partial charge in [-0.1, -0.05) is 71.2 Å². The Morgan fingerprint density at radius 1 is 0.927 bits per heavy atom. The first kappa shape index (κ1) is 32.7. The number of hydrogen-bond acceptors (Lipinski definition) is 4. The molecular weight excluding hydrogens is 605 g/mol. The number of hydrogen-bond donors (Lipinski definition) is 1. The first-order valence-electron chi connectivity index (χ1n) is 12.9. The van der Waals surface area contributed by atoms with Crippen molar-refractivity contribution in [3.8, 4) is 0 Å². The molecular formula is C30H34Cl3N3O4S. The standard InChI is InChI=1S/C30H34Cl3N3O4S/c1-20-16-22(31)14-15-26(20)36(41(5,39)40)19-28(37)35(18-23-24(32)12-9-13-25(23)33)27(29(38)34-30(2,3)4)17-21-10-7-6-8-11-21/h6-16,27H,17-19H2,1-5H3,(H,34,38). The van der Waals surface area contributed by atoms with E-state index in [0.717, 1.165) is 16.1 Å². The Morgan fingerprint density at radius 3 is 2.07 bits per heavy atom. The van der Waals surface area contributed by atoms with Gasteiger partial charge in [0, 0.05) is 39.1 Å². The summed E-state index contributed by atoms with van der Waals surface area (Å²) in [6, 6.07) is 18.0. The third-order valence-electron chi connectivity index (χ3n) is 6.27. The molecule has 7 nitrogen and oxygen atoms in total. The first-order chi connectivity index (χ1) is 19.1. The second-order valence-corrected chi connectivity index (χ2v) is 14.0. The van der Waals surface area contributed by atoms with E-state index in [0.29, 0.717) is 31.9 Å². The van der Waals surface area contributed by atoms with Crippen LogP contribution in [0, 0.1) is 6.92 Å². The molecule has 220 valence electrons. The molecule has 0 aromatic heterocycles. The number of halogens is 3. The molecule has 0 saturated carbocycles. The molecule has 0 fully saturated rings. The van der Waals surface area contributed by atoms with Crippen molar-refractivity contribution in [3.63, 3.8) is 0 Å². The van der Waals surface area contributed by atoms with Crippen LogP contribution in [0.1, 0.15) is 37.5 Å². The summed E-state index contributed by atoms with van der Waals surface area (Å²) in [5.41, 5.74) is 1.54. The van der Waals surface area contributed by atoms with Crippen LogP contribution in [0.25, 0.3) is 0 Å². The van der Waals surface area contributed by atoms with Crippen molar-refractivity contribution >= 4 is 62.3 Å². The molecule has 1 unspecified atom stereocenters. The van der Waals surface area contributed by atoms with Gasteiger partial charge in [0.05, 0.1) is 11.9 Å². The number of anilines is 1. The Bertz CT molecular complexity index is 1490. The molecule has 1 atom stereocenters. The summed E-state index contributed by atoms with van der Waals surface area (Å²) in [5, 5.41) is 4.04. The van der Waals surface area contributed by atoms with Crippen molar-refractivity contribution in [2.75, 3.05) is 17.1 Å². The van der Waals surface area contributed by atoms with Gasteiger partial charge in [-0.3, -0.25) is 13.9 Å². The summed E-state index contributed by atoms with van der Waals surface area (Å²) in [6.07, 6.45) is 1.20. The fourth-order valence-electron chi connectivity index (χ4n) is 4.35. The number of nitrogens with one attached hydrogen (secondary N) is 1. The highest BCUT2D eigenvalue weighted by Gasteiger charge is 2.35. The Morgan fingerprint density at radius 2 is 1.54 bits per heavy atom. The van der Waals surface area contributed by atoms with Crippen LogP contribution in [0.2, 0.25) is 15.1 Å². The smallest absolute Gasteiger partial charge is 0.244 e. The molecule has 0 aliphatic carbocycles. The predicted molar refractivity (Wildman–Crippen MR) is 167 cm³/mol. The van der Waals surface area contributed by atoms with Gasteiger partial charge in [-0.05, 0) is 69.2 Å². The lowest BCUT2D eigenvalue weighted by molar-refractivity contribution is -0.140. The van der Waals surface area contributed by atoms with E-state index in [1.165, 1.54) is 4.90 Å². The summed E-state index contributed by atoms with van der Waals surface area (Å²) in [6.45, 7) is 6.56. The average Bonchev–Trinajstić information content (AvgIpc) is 2.85. The molecule has 0 aliphatic heterocycles. The maximum absolute atomic E-state index is 14.2. The highest BCUT2D eigenvalue weighted by molar-refractivity contribution is 7.92. The van der Waals surface area contributed by atoms with Crippen molar-refractivity contribution in [2.45, 2.75) is 52.2 Å². The Balaban J connectivity index is 2.14. The van der Waals surface area contributed by atoms with Crippen LogP contribution in [0.15, 0.2) is 66.7 Å². The molecule has 0 spiro atoms. The zero-order chi connectivity index (χ0) is 30.5. The molecule has 0 heterocycles. The van der Waals surface area contributed by atoms with E-state index in [2.05, 4.69) is 5.32 Å². The van der Waals surface area contributed by atoms with Gasteiger partial charge >= 0.3 is 0 Å². The van der Waals surface area contributed by atoms with Crippen molar-refractivity contribution in [3.05, 3.63) is 98.5 Å². The van der Waals surface area contributed by atoms with Crippen LogP contribution in [-0.2, 0) is 32.6 Å². The van der Waals surface area contributed by atoms with Crippen LogP contribution < -0.4 is 9.62 Å². The molecule has 0 saturated heterocycles. The molecule has 3 aromatic carbocycles. The minimum Gasteiger partial charge on any atom is -0.350 e.